The second kappa shape index (κ2) is 5.59. The summed E-state index contributed by atoms with van der Waals surface area (Å²) in [6.07, 6.45) is 0. The van der Waals surface area contributed by atoms with Gasteiger partial charge in [-0.05, 0) is 30.7 Å². The summed E-state index contributed by atoms with van der Waals surface area (Å²) in [5, 5.41) is 0.411. The molecule has 0 aromatic heterocycles. The van der Waals surface area contributed by atoms with Crippen LogP contribution in [0.5, 0.6) is 11.5 Å². The first kappa shape index (κ1) is 13.2. The lowest BCUT2D eigenvalue weighted by Crippen LogP contribution is -1.93. The van der Waals surface area contributed by atoms with Gasteiger partial charge in [0.1, 0.15) is 0 Å². The zero-order valence-corrected chi connectivity index (χ0v) is 11.2. The number of hydrogen-bond acceptors (Lipinski definition) is 1. The molecule has 0 atom stereocenters. The van der Waals surface area contributed by atoms with E-state index in [0.717, 1.165) is 11.1 Å². The molecule has 1 nitrogen and oxygen atoms in total. The number of ether oxygens (including phenoxy) is 1. The standard InChI is InChI=1S/C14H11Cl2FO/c1-9-5-6-12(17)13(7-9)18-14-10(8-15)3-2-4-11(14)16/h2-7H,8H2,1H3. The van der Waals surface area contributed by atoms with Gasteiger partial charge in [-0.25, -0.2) is 4.39 Å². The maximum absolute atomic E-state index is 13.6. The Balaban J connectivity index is 2.42. The maximum atomic E-state index is 13.6. The Bertz CT molecular complexity index is 570. The minimum atomic E-state index is -0.430. The monoisotopic (exact) mass is 284 g/mol. The summed E-state index contributed by atoms with van der Waals surface area (Å²) in [5.41, 5.74) is 1.64. The zero-order valence-electron chi connectivity index (χ0n) is 9.71. The van der Waals surface area contributed by atoms with Crippen LogP contribution in [0.15, 0.2) is 36.4 Å². The zero-order chi connectivity index (χ0) is 13.1. The second-order valence-electron chi connectivity index (χ2n) is 3.90. The summed E-state index contributed by atoms with van der Waals surface area (Å²) < 4.78 is 19.2. The van der Waals surface area contributed by atoms with E-state index in [1.165, 1.54) is 6.07 Å². The fourth-order valence-electron chi connectivity index (χ4n) is 1.57. The molecule has 0 N–H and O–H groups in total. The van der Waals surface area contributed by atoms with E-state index in [2.05, 4.69) is 0 Å². The SMILES string of the molecule is Cc1ccc(F)c(Oc2c(Cl)cccc2CCl)c1. The van der Waals surface area contributed by atoms with Crippen LogP contribution in [0.25, 0.3) is 0 Å². The molecule has 0 saturated carbocycles. The van der Waals surface area contributed by atoms with Gasteiger partial charge in [-0.15, -0.1) is 11.6 Å². The Kier molecular flexibility index (Phi) is 4.10. The van der Waals surface area contributed by atoms with Crippen LogP contribution in [0.3, 0.4) is 0 Å². The lowest BCUT2D eigenvalue weighted by Gasteiger charge is -2.12. The molecule has 0 unspecified atom stereocenters. The van der Waals surface area contributed by atoms with E-state index in [9.17, 15) is 4.39 Å². The summed E-state index contributed by atoms with van der Waals surface area (Å²) in [7, 11) is 0. The van der Waals surface area contributed by atoms with E-state index in [-0.39, 0.29) is 11.6 Å². The first-order valence-corrected chi connectivity index (χ1v) is 6.30. The number of benzene rings is 2. The van der Waals surface area contributed by atoms with Crippen LogP contribution in [0.4, 0.5) is 4.39 Å². The number of hydrogen-bond donors (Lipinski definition) is 0. The molecule has 2 aromatic carbocycles. The van der Waals surface area contributed by atoms with E-state index in [0.29, 0.717) is 10.8 Å². The lowest BCUT2D eigenvalue weighted by molar-refractivity contribution is 0.439. The van der Waals surface area contributed by atoms with Gasteiger partial charge in [0.25, 0.3) is 0 Å². The van der Waals surface area contributed by atoms with E-state index in [4.69, 9.17) is 27.9 Å². The lowest BCUT2D eigenvalue weighted by atomic mass is 10.2. The molecule has 0 radical (unpaired) electrons. The van der Waals surface area contributed by atoms with Crippen molar-refractivity contribution in [2.24, 2.45) is 0 Å². The summed E-state index contributed by atoms with van der Waals surface area (Å²) in [6.45, 7) is 1.86. The van der Waals surface area contributed by atoms with E-state index >= 15 is 0 Å². The van der Waals surface area contributed by atoms with Crippen molar-refractivity contribution in [3.8, 4) is 11.5 Å². The highest BCUT2D eigenvalue weighted by molar-refractivity contribution is 6.32. The summed E-state index contributed by atoms with van der Waals surface area (Å²) >= 11 is 11.9. The summed E-state index contributed by atoms with van der Waals surface area (Å²) in [4.78, 5) is 0. The van der Waals surface area contributed by atoms with Gasteiger partial charge in [0.05, 0.1) is 10.9 Å². The molecule has 0 heterocycles. The summed E-state index contributed by atoms with van der Waals surface area (Å²) in [5.74, 6) is 0.373. The van der Waals surface area contributed by atoms with E-state index < -0.39 is 5.82 Å². The molecule has 4 heteroatoms. The van der Waals surface area contributed by atoms with Gasteiger partial charge in [-0.1, -0.05) is 29.8 Å². The van der Waals surface area contributed by atoms with Gasteiger partial charge in [0.2, 0.25) is 0 Å². The third kappa shape index (κ3) is 2.77. The number of aryl methyl sites for hydroxylation is 1. The second-order valence-corrected chi connectivity index (χ2v) is 4.57. The molecular weight excluding hydrogens is 274 g/mol. The molecule has 0 saturated heterocycles. The average Bonchev–Trinajstić information content (AvgIpc) is 2.36. The van der Waals surface area contributed by atoms with Crippen LogP contribution in [0.1, 0.15) is 11.1 Å². The van der Waals surface area contributed by atoms with Crippen LogP contribution >= 0.6 is 23.2 Å². The largest absolute Gasteiger partial charge is 0.452 e. The smallest absolute Gasteiger partial charge is 0.165 e. The van der Waals surface area contributed by atoms with Gasteiger partial charge in [0, 0.05) is 5.56 Å². The number of halogens is 3. The van der Waals surface area contributed by atoms with Crippen molar-refractivity contribution in [2.45, 2.75) is 12.8 Å². The molecule has 0 fully saturated rings. The van der Waals surface area contributed by atoms with Crippen LogP contribution in [-0.4, -0.2) is 0 Å². The molecule has 18 heavy (non-hydrogen) atoms. The fraction of sp³-hybridized carbons (Fsp3) is 0.143. The first-order valence-electron chi connectivity index (χ1n) is 5.39. The third-order valence-electron chi connectivity index (χ3n) is 2.49. The van der Waals surface area contributed by atoms with Crippen molar-refractivity contribution >= 4 is 23.2 Å². The Hall–Kier alpha value is -1.25. The Morgan fingerprint density at radius 1 is 1.22 bits per heavy atom. The van der Waals surface area contributed by atoms with Gasteiger partial charge in [0.15, 0.2) is 17.3 Å². The minimum absolute atomic E-state index is 0.148. The van der Waals surface area contributed by atoms with Crippen molar-refractivity contribution in [1.29, 1.82) is 0 Å². The Morgan fingerprint density at radius 2 is 2.00 bits per heavy atom. The predicted octanol–water partition coefficient (Wildman–Crippen LogP) is 5.32. The molecule has 0 spiro atoms. The van der Waals surface area contributed by atoms with Gasteiger partial charge < -0.3 is 4.74 Å². The van der Waals surface area contributed by atoms with Crippen molar-refractivity contribution in [3.05, 3.63) is 58.4 Å². The van der Waals surface area contributed by atoms with Crippen molar-refractivity contribution in [2.75, 3.05) is 0 Å². The van der Waals surface area contributed by atoms with Gasteiger partial charge >= 0.3 is 0 Å². The van der Waals surface area contributed by atoms with E-state index in [1.54, 1.807) is 30.3 Å². The van der Waals surface area contributed by atoms with Crippen LogP contribution in [0, 0.1) is 12.7 Å². The van der Waals surface area contributed by atoms with Crippen molar-refractivity contribution in [1.82, 2.24) is 0 Å². The average molecular weight is 285 g/mol. The molecule has 0 aliphatic rings. The minimum Gasteiger partial charge on any atom is -0.452 e. The molecule has 2 aromatic rings. The molecule has 94 valence electrons. The number of para-hydroxylation sites is 1. The molecule has 2 rings (SSSR count). The molecular formula is C14H11Cl2FO. The highest BCUT2D eigenvalue weighted by atomic mass is 35.5. The van der Waals surface area contributed by atoms with Gasteiger partial charge in [-0.3, -0.25) is 0 Å². The number of rotatable bonds is 3. The van der Waals surface area contributed by atoms with Crippen LogP contribution in [0.2, 0.25) is 5.02 Å². The first-order chi connectivity index (χ1) is 8.61. The van der Waals surface area contributed by atoms with Crippen molar-refractivity contribution in [3.63, 3.8) is 0 Å². The summed E-state index contributed by atoms with van der Waals surface area (Å²) in [6, 6.07) is 9.91. The highest BCUT2D eigenvalue weighted by Gasteiger charge is 2.11. The Labute approximate surface area is 115 Å². The van der Waals surface area contributed by atoms with Crippen LogP contribution in [-0.2, 0) is 5.88 Å². The van der Waals surface area contributed by atoms with E-state index in [1.807, 2.05) is 6.92 Å². The Morgan fingerprint density at radius 3 is 2.72 bits per heavy atom. The van der Waals surface area contributed by atoms with Crippen molar-refractivity contribution < 1.29 is 9.13 Å². The topological polar surface area (TPSA) is 9.23 Å². The number of alkyl halides is 1. The molecule has 0 aliphatic heterocycles. The maximum Gasteiger partial charge on any atom is 0.165 e. The molecule has 0 amide bonds. The third-order valence-corrected chi connectivity index (χ3v) is 3.08. The quantitative estimate of drug-likeness (QED) is 0.693. The van der Waals surface area contributed by atoms with Crippen LogP contribution < -0.4 is 4.74 Å². The fourth-order valence-corrected chi connectivity index (χ4v) is 2.01. The normalized spacial score (nSPS) is 10.4. The highest BCUT2D eigenvalue weighted by Crippen LogP contribution is 2.35. The predicted molar refractivity (Wildman–Crippen MR) is 72.2 cm³/mol. The molecule has 0 aliphatic carbocycles. The van der Waals surface area contributed by atoms with Gasteiger partial charge in [-0.2, -0.15) is 0 Å². The molecule has 0 bridgehead atoms.